The van der Waals surface area contributed by atoms with Crippen molar-refractivity contribution in [2.75, 3.05) is 18.5 Å². The number of anilines is 1. The quantitative estimate of drug-likeness (QED) is 0.830. The van der Waals surface area contributed by atoms with Crippen molar-refractivity contribution in [2.45, 2.75) is 43.2 Å². The van der Waals surface area contributed by atoms with Gasteiger partial charge < -0.3 is 10.6 Å². The molecular weight excluding hydrogens is 274 g/mol. The second-order valence-corrected chi connectivity index (χ2v) is 7.62. The van der Waals surface area contributed by atoms with E-state index in [1.165, 1.54) is 0 Å². The Labute approximate surface area is 121 Å². The molecule has 0 heterocycles. The molecule has 0 aliphatic heterocycles. The highest BCUT2D eigenvalue weighted by molar-refractivity contribution is 7.89. The van der Waals surface area contributed by atoms with E-state index in [0.717, 1.165) is 12.8 Å². The fourth-order valence-electron chi connectivity index (χ4n) is 1.91. The summed E-state index contributed by atoms with van der Waals surface area (Å²) in [6.07, 6.45) is 1.84. The van der Waals surface area contributed by atoms with Gasteiger partial charge in [-0.25, -0.2) is 13.1 Å². The Morgan fingerprint density at radius 1 is 1.35 bits per heavy atom. The van der Waals surface area contributed by atoms with Gasteiger partial charge in [0.2, 0.25) is 10.0 Å². The number of nitrogens with two attached hydrogens (primary N) is 1. The molecular formula is C14H23N3O2S. The van der Waals surface area contributed by atoms with Gasteiger partial charge in [-0.3, -0.25) is 0 Å². The summed E-state index contributed by atoms with van der Waals surface area (Å²) in [4.78, 5) is 2.24. The minimum Gasteiger partial charge on any atom is -0.367 e. The summed E-state index contributed by atoms with van der Waals surface area (Å²) in [5.41, 5.74) is 6.15. The van der Waals surface area contributed by atoms with Crippen LogP contribution >= 0.6 is 0 Å². The molecule has 0 unspecified atom stereocenters. The summed E-state index contributed by atoms with van der Waals surface area (Å²) in [6, 6.07) is 7.14. The summed E-state index contributed by atoms with van der Waals surface area (Å²) in [7, 11) is -1.60. The summed E-state index contributed by atoms with van der Waals surface area (Å²) in [5, 5.41) is 0. The lowest BCUT2D eigenvalue weighted by Crippen LogP contribution is -2.48. The van der Waals surface area contributed by atoms with Crippen molar-refractivity contribution < 1.29 is 8.42 Å². The number of nitrogens with zero attached hydrogens (tertiary/aromatic N) is 1. The Morgan fingerprint density at radius 2 is 1.95 bits per heavy atom. The van der Waals surface area contributed by atoms with Crippen molar-refractivity contribution in [1.82, 2.24) is 4.72 Å². The third kappa shape index (κ3) is 3.13. The highest BCUT2D eigenvalue weighted by Crippen LogP contribution is 2.30. The number of nitrogens with one attached hydrogen (secondary N) is 1. The molecule has 6 heteroatoms. The molecule has 0 aromatic heterocycles. The summed E-state index contributed by atoms with van der Waals surface area (Å²) < 4.78 is 27.6. The molecule has 20 heavy (non-hydrogen) atoms. The van der Waals surface area contributed by atoms with Gasteiger partial charge in [0.1, 0.15) is 4.90 Å². The standard InChI is InChI=1S/C14H23N3O2S/c1-14(2,10-15)17(3)12-6-4-5-7-13(12)20(18,19)16-11-8-9-11/h4-7,11,16H,8-10,15H2,1-3H3. The van der Waals surface area contributed by atoms with Crippen molar-refractivity contribution in [3.05, 3.63) is 24.3 Å². The topological polar surface area (TPSA) is 75.4 Å². The maximum atomic E-state index is 12.5. The zero-order valence-corrected chi connectivity index (χ0v) is 13.1. The summed E-state index contributed by atoms with van der Waals surface area (Å²) >= 11 is 0. The highest BCUT2D eigenvalue weighted by Gasteiger charge is 2.31. The Hall–Kier alpha value is -1.11. The van der Waals surface area contributed by atoms with Gasteiger partial charge >= 0.3 is 0 Å². The molecule has 0 spiro atoms. The Bertz CT molecular complexity index is 580. The molecule has 5 nitrogen and oxygen atoms in total. The first-order valence-corrected chi connectivity index (χ1v) is 8.31. The first-order chi connectivity index (χ1) is 9.28. The van der Waals surface area contributed by atoms with Crippen LogP contribution in [-0.2, 0) is 10.0 Å². The molecule has 0 bridgehead atoms. The maximum absolute atomic E-state index is 12.5. The van der Waals surface area contributed by atoms with Crippen LogP contribution in [0.3, 0.4) is 0 Å². The lowest BCUT2D eigenvalue weighted by molar-refractivity contribution is 0.495. The fraction of sp³-hybridized carbons (Fsp3) is 0.571. The first kappa shape index (κ1) is 15.3. The number of hydrogen-bond donors (Lipinski definition) is 2. The van der Waals surface area contributed by atoms with E-state index in [1.807, 2.05) is 37.9 Å². The number of para-hydroxylation sites is 1. The van der Waals surface area contributed by atoms with Crippen molar-refractivity contribution in [3.63, 3.8) is 0 Å². The Morgan fingerprint density at radius 3 is 2.50 bits per heavy atom. The van der Waals surface area contributed by atoms with E-state index in [9.17, 15) is 8.42 Å². The monoisotopic (exact) mass is 297 g/mol. The van der Waals surface area contributed by atoms with E-state index in [1.54, 1.807) is 12.1 Å². The van der Waals surface area contributed by atoms with E-state index < -0.39 is 10.0 Å². The van der Waals surface area contributed by atoms with Crippen LogP contribution < -0.4 is 15.4 Å². The van der Waals surface area contributed by atoms with Gasteiger partial charge in [-0.2, -0.15) is 0 Å². The molecule has 3 N–H and O–H groups in total. The van der Waals surface area contributed by atoms with E-state index in [0.29, 0.717) is 17.1 Å². The van der Waals surface area contributed by atoms with Gasteiger partial charge in [0.25, 0.3) is 0 Å². The highest BCUT2D eigenvalue weighted by atomic mass is 32.2. The first-order valence-electron chi connectivity index (χ1n) is 6.83. The fourth-order valence-corrected chi connectivity index (χ4v) is 3.45. The van der Waals surface area contributed by atoms with E-state index >= 15 is 0 Å². The van der Waals surface area contributed by atoms with Gasteiger partial charge in [-0.05, 0) is 38.8 Å². The molecule has 1 aliphatic rings. The van der Waals surface area contributed by atoms with Crippen molar-refractivity contribution in [1.29, 1.82) is 0 Å². The van der Waals surface area contributed by atoms with Crippen molar-refractivity contribution >= 4 is 15.7 Å². The van der Waals surface area contributed by atoms with Crippen LogP contribution in [0.2, 0.25) is 0 Å². The van der Waals surface area contributed by atoms with Crippen LogP contribution in [0.1, 0.15) is 26.7 Å². The molecule has 1 aliphatic carbocycles. The average Bonchev–Trinajstić information content (AvgIpc) is 3.21. The molecule has 1 aromatic rings. The molecule has 0 atom stereocenters. The third-order valence-corrected chi connectivity index (χ3v) is 5.39. The molecule has 0 radical (unpaired) electrons. The lowest BCUT2D eigenvalue weighted by Gasteiger charge is -2.37. The van der Waals surface area contributed by atoms with Gasteiger partial charge in [0.05, 0.1) is 5.69 Å². The van der Waals surface area contributed by atoms with Crippen LogP contribution in [0, 0.1) is 0 Å². The van der Waals surface area contributed by atoms with Crippen molar-refractivity contribution in [2.24, 2.45) is 5.73 Å². The third-order valence-electron chi connectivity index (χ3n) is 3.82. The average molecular weight is 297 g/mol. The second-order valence-electron chi connectivity index (χ2n) is 5.94. The largest absolute Gasteiger partial charge is 0.367 e. The zero-order valence-electron chi connectivity index (χ0n) is 12.3. The zero-order chi connectivity index (χ0) is 15.0. The predicted octanol–water partition coefficient (Wildman–Crippen LogP) is 1.30. The smallest absolute Gasteiger partial charge is 0.242 e. The second kappa shape index (κ2) is 5.35. The van der Waals surface area contributed by atoms with E-state index in [-0.39, 0.29) is 11.6 Å². The molecule has 0 saturated heterocycles. The van der Waals surface area contributed by atoms with Crippen LogP contribution in [0.5, 0.6) is 0 Å². The number of hydrogen-bond acceptors (Lipinski definition) is 4. The molecule has 1 saturated carbocycles. The minimum atomic E-state index is -3.47. The van der Waals surface area contributed by atoms with Crippen LogP contribution in [0.4, 0.5) is 5.69 Å². The number of sulfonamides is 1. The maximum Gasteiger partial charge on any atom is 0.242 e. The van der Waals surface area contributed by atoms with Gasteiger partial charge in [0, 0.05) is 25.2 Å². The van der Waals surface area contributed by atoms with Crippen molar-refractivity contribution in [3.8, 4) is 0 Å². The summed E-state index contributed by atoms with van der Waals surface area (Å²) in [5.74, 6) is 0. The Kier molecular flexibility index (Phi) is 4.09. The molecule has 1 aromatic carbocycles. The van der Waals surface area contributed by atoms with E-state index in [2.05, 4.69) is 4.72 Å². The lowest BCUT2D eigenvalue weighted by atomic mass is 10.0. The number of benzene rings is 1. The van der Waals surface area contributed by atoms with Gasteiger partial charge in [-0.1, -0.05) is 12.1 Å². The van der Waals surface area contributed by atoms with Gasteiger partial charge in [0.15, 0.2) is 0 Å². The number of likely N-dealkylation sites (N-methyl/N-ethyl adjacent to an activating group) is 1. The SMILES string of the molecule is CN(c1ccccc1S(=O)(=O)NC1CC1)C(C)(C)CN. The normalized spacial score (nSPS) is 16.2. The predicted molar refractivity (Wildman–Crippen MR) is 81.3 cm³/mol. The van der Waals surface area contributed by atoms with Gasteiger partial charge in [-0.15, -0.1) is 0 Å². The molecule has 112 valence electrons. The molecule has 2 rings (SSSR count). The van der Waals surface area contributed by atoms with Crippen LogP contribution in [0.25, 0.3) is 0 Å². The molecule has 1 fully saturated rings. The minimum absolute atomic E-state index is 0.0980. The summed E-state index contributed by atoms with van der Waals surface area (Å²) in [6.45, 7) is 4.42. The van der Waals surface area contributed by atoms with Crippen LogP contribution in [0.15, 0.2) is 29.2 Å². The molecule has 0 amide bonds. The van der Waals surface area contributed by atoms with Crippen LogP contribution in [-0.4, -0.2) is 33.6 Å². The number of rotatable bonds is 6. The Balaban J connectivity index is 2.40. The van der Waals surface area contributed by atoms with E-state index in [4.69, 9.17) is 5.73 Å².